The average molecular weight is 258 g/mol. The third-order valence-corrected chi connectivity index (χ3v) is 3.68. The van der Waals surface area contributed by atoms with Gasteiger partial charge in [-0.15, -0.1) is 0 Å². The SMILES string of the molecule is CCc1[nH]n(-c2ccc(C)c(C)c2)c(=O)c1C(C)C. The van der Waals surface area contributed by atoms with E-state index in [0.29, 0.717) is 0 Å². The first kappa shape index (κ1) is 13.7. The van der Waals surface area contributed by atoms with Crippen molar-refractivity contribution in [1.29, 1.82) is 0 Å². The van der Waals surface area contributed by atoms with Crippen LogP contribution in [-0.4, -0.2) is 9.78 Å². The van der Waals surface area contributed by atoms with E-state index in [1.165, 1.54) is 11.1 Å². The van der Waals surface area contributed by atoms with E-state index in [1.807, 2.05) is 6.07 Å². The molecular formula is C16H22N2O. The van der Waals surface area contributed by atoms with Crippen molar-refractivity contribution in [2.75, 3.05) is 0 Å². The fraction of sp³-hybridized carbons (Fsp3) is 0.438. The number of aromatic nitrogens is 2. The van der Waals surface area contributed by atoms with Crippen molar-refractivity contribution in [2.24, 2.45) is 0 Å². The van der Waals surface area contributed by atoms with E-state index < -0.39 is 0 Å². The summed E-state index contributed by atoms with van der Waals surface area (Å²) < 4.78 is 1.67. The molecule has 1 aromatic carbocycles. The second kappa shape index (κ2) is 5.08. The van der Waals surface area contributed by atoms with Crippen LogP contribution in [0.5, 0.6) is 0 Å². The number of H-pyrrole nitrogens is 1. The van der Waals surface area contributed by atoms with Crippen LogP contribution in [0.1, 0.15) is 49.1 Å². The van der Waals surface area contributed by atoms with Gasteiger partial charge >= 0.3 is 0 Å². The van der Waals surface area contributed by atoms with Crippen LogP contribution >= 0.6 is 0 Å². The topological polar surface area (TPSA) is 37.8 Å². The number of benzene rings is 1. The Bertz CT molecular complexity index is 647. The van der Waals surface area contributed by atoms with E-state index in [2.05, 4.69) is 51.9 Å². The van der Waals surface area contributed by atoms with Crippen LogP contribution in [0.4, 0.5) is 0 Å². The number of rotatable bonds is 3. The number of aromatic amines is 1. The Hall–Kier alpha value is -1.77. The van der Waals surface area contributed by atoms with E-state index in [9.17, 15) is 4.79 Å². The van der Waals surface area contributed by atoms with Gasteiger partial charge in [-0.3, -0.25) is 9.89 Å². The Balaban J connectivity index is 2.63. The molecule has 0 atom stereocenters. The summed E-state index contributed by atoms with van der Waals surface area (Å²) in [5, 5.41) is 3.25. The van der Waals surface area contributed by atoms with Crippen LogP contribution in [0.15, 0.2) is 23.0 Å². The summed E-state index contributed by atoms with van der Waals surface area (Å²) in [6, 6.07) is 6.10. The smallest absolute Gasteiger partial charge is 0.274 e. The zero-order valence-corrected chi connectivity index (χ0v) is 12.4. The van der Waals surface area contributed by atoms with E-state index in [4.69, 9.17) is 0 Å². The fourth-order valence-electron chi connectivity index (χ4n) is 2.41. The highest BCUT2D eigenvalue weighted by molar-refractivity contribution is 5.40. The highest BCUT2D eigenvalue weighted by atomic mass is 16.1. The summed E-state index contributed by atoms with van der Waals surface area (Å²) >= 11 is 0. The zero-order valence-electron chi connectivity index (χ0n) is 12.4. The first-order valence-electron chi connectivity index (χ1n) is 6.87. The third kappa shape index (κ3) is 2.37. The van der Waals surface area contributed by atoms with Crippen molar-refractivity contribution in [3.63, 3.8) is 0 Å². The molecule has 1 N–H and O–H groups in total. The number of nitrogens with one attached hydrogen (secondary N) is 1. The quantitative estimate of drug-likeness (QED) is 0.899. The van der Waals surface area contributed by atoms with Crippen LogP contribution in [0.25, 0.3) is 5.69 Å². The van der Waals surface area contributed by atoms with E-state index >= 15 is 0 Å². The molecule has 0 aliphatic rings. The molecule has 2 aromatic rings. The molecule has 0 saturated carbocycles. The first-order chi connectivity index (χ1) is 8.95. The van der Waals surface area contributed by atoms with Crippen molar-refractivity contribution in [3.05, 3.63) is 50.9 Å². The van der Waals surface area contributed by atoms with Gasteiger partial charge in [0.15, 0.2) is 0 Å². The molecule has 0 radical (unpaired) electrons. The summed E-state index contributed by atoms with van der Waals surface area (Å²) in [4.78, 5) is 12.5. The lowest BCUT2D eigenvalue weighted by Gasteiger charge is -2.05. The summed E-state index contributed by atoms with van der Waals surface area (Å²) in [5.74, 6) is 0.242. The molecule has 1 heterocycles. The summed E-state index contributed by atoms with van der Waals surface area (Å²) in [6.07, 6.45) is 0.848. The predicted molar refractivity (Wildman–Crippen MR) is 79.3 cm³/mol. The molecule has 0 aliphatic heterocycles. The molecule has 0 spiro atoms. The molecule has 19 heavy (non-hydrogen) atoms. The largest absolute Gasteiger partial charge is 0.295 e. The lowest BCUT2D eigenvalue weighted by molar-refractivity contribution is 0.817. The van der Waals surface area contributed by atoms with Gasteiger partial charge in [0.25, 0.3) is 5.56 Å². The van der Waals surface area contributed by atoms with Crippen LogP contribution < -0.4 is 5.56 Å². The Kier molecular flexibility index (Phi) is 3.65. The van der Waals surface area contributed by atoms with Gasteiger partial charge in [0.2, 0.25) is 0 Å². The molecule has 0 saturated heterocycles. The summed E-state index contributed by atoms with van der Waals surface area (Å²) in [7, 11) is 0. The Morgan fingerprint density at radius 1 is 1.21 bits per heavy atom. The minimum absolute atomic E-state index is 0.0788. The standard InChI is InChI=1S/C16H22N2O/c1-6-14-15(10(2)3)16(19)18(17-14)13-8-7-11(4)12(5)9-13/h7-10,17H,6H2,1-5H3. The van der Waals surface area contributed by atoms with Gasteiger partial charge in [-0.05, 0) is 49.4 Å². The van der Waals surface area contributed by atoms with Crippen molar-refractivity contribution < 1.29 is 0 Å². The molecule has 3 nitrogen and oxygen atoms in total. The lowest BCUT2D eigenvalue weighted by atomic mass is 10.0. The van der Waals surface area contributed by atoms with Gasteiger partial charge < -0.3 is 0 Å². The lowest BCUT2D eigenvalue weighted by Crippen LogP contribution is -2.18. The summed E-state index contributed by atoms with van der Waals surface area (Å²) in [6.45, 7) is 10.3. The monoisotopic (exact) mass is 258 g/mol. The number of nitrogens with zero attached hydrogens (tertiary/aromatic N) is 1. The normalized spacial score (nSPS) is 11.3. The fourth-order valence-corrected chi connectivity index (χ4v) is 2.41. The van der Waals surface area contributed by atoms with Crippen molar-refractivity contribution in [3.8, 4) is 5.69 Å². The van der Waals surface area contributed by atoms with Gasteiger partial charge in [0, 0.05) is 11.3 Å². The van der Waals surface area contributed by atoms with Gasteiger partial charge in [-0.1, -0.05) is 26.8 Å². The van der Waals surface area contributed by atoms with E-state index in [1.54, 1.807) is 4.68 Å². The average Bonchev–Trinajstić information content (AvgIpc) is 2.70. The van der Waals surface area contributed by atoms with Crippen LogP contribution in [0.3, 0.4) is 0 Å². The molecule has 1 aromatic heterocycles. The second-order valence-electron chi connectivity index (χ2n) is 5.42. The van der Waals surface area contributed by atoms with Crippen LogP contribution in [-0.2, 0) is 6.42 Å². The number of hydrogen-bond donors (Lipinski definition) is 1. The predicted octanol–water partition coefficient (Wildman–Crippen LogP) is 3.47. The van der Waals surface area contributed by atoms with E-state index in [-0.39, 0.29) is 11.5 Å². The Labute approximate surface area is 114 Å². The molecule has 3 heteroatoms. The van der Waals surface area contributed by atoms with Crippen molar-refractivity contribution in [1.82, 2.24) is 9.78 Å². The highest BCUT2D eigenvalue weighted by Gasteiger charge is 2.16. The molecule has 0 amide bonds. The maximum atomic E-state index is 12.5. The van der Waals surface area contributed by atoms with Crippen molar-refractivity contribution in [2.45, 2.75) is 47.0 Å². The van der Waals surface area contributed by atoms with Gasteiger partial charge in [-0.2, -0.15) is 0 Å². The minimum Gasteiger partial charge on any atom is -0.295 e. The molecule has 0 bridgehead atoms. The number of aryl methyl sites for hydroxylation is 3. The maximum Gasteiger partial charge on any atom is 0.274 e. The first-order valence-corrected chi connectivity index (χ1v) is 6.87. The number of hydrogen-bond acceptors (Lipinski definition) is 1. The van der Waals surface area contributed by atoms with Crippen LogP contribution in [0.2, 0.25) is 0 Å². The van der Waals surface area contributed by atoms with Crippen LogP contribution in [0, 0.1) is 13.8 Å². The minimum atomic E-state index is 0.0788. The van der Waals surface area contributed by atoms with Gasteiger partial charge in [0.05, 0.1) is 5.69 Å². The highest BCUT2D eigenvalue weighted by Crippen LogP contribution is 2.18. The zero-order chi connectivity index (χ0) is 14.2. The third-order valence-electron chi connectivity index (χ3n) is 3.68. The molecule has 2 rings (SSSR count). The molecule has 0 unspecified atom stereocenters. The molecule has 0 fully saturated rings. The van der Waals surface area contributed by atoms with Gasteiger partial charge in [0.1, 0.15) is 0 Å². The maximum absolute atomic E-state index is 12.5. The Morgan fingerprint density at radius 2 is 1.89 bits per heavy atom. The van der Waals surface area contributed by atoms with Crippen molar-refractivity contribution >= 4 is 0 Å². The molecule has 102 valence electrons. The molecule has 0 aliphatic carbocycles. The molecular weight excluding hydrogens is 236 g/mol. The Morgan fingerprint density at radius 3 is 2.37 bits per heavy atom. The second-order valence-corrected chi connectivity index (χ2v) is 5.42. The van der Waals surface area contributed by atoms with Gasteiger partial charge in [-0.25, -0.2) is 4.68 Å². The van der Waals surface area contributed by atoms with E-state index in [0.717, 1.165) is 23.4 Å². The summed E-state index contributed by atoms with van der Waals surface area (Å²) in [5.41, 5.74) is 5.37.